The van der Waals surface area contributed by atoms with Gasteiger partial charge in [0.2, 0.25) is 11.1 Å². The SMILES string of the molecule is CCOc1ccccc1-n1nnnc1SCC(=O)Nc1ccc(-c2ccccc2)cc1. The molecule has 0 spiro atoms. The number of ether oxygens (including phenoxy) is 1. The van der Waals surface area contributed by atoms with Crippen LogP contribution in [0.1, 0.15) is 6.92 Å². The number of carbonyl (C=O) groups is 1. The molecule has 0 fully saturated rings. The van der Waals surface area contributed by atoms with Crippen LogP contribution in [0.5, 0.6) is 5.75 Å². The third kappa shape index (κ3) is 5.10. The van der Waals surface area contributed by atoms with Gasteiger partial charge >= 0.3 is 0 Å². The molecule has 0 radical (unpaired) electrons. The van der Waals surface area contributed by atoms with E-state index in [2.05, 4.69) is 33.0 Å². The molecule has 1 amide bonds. The largest absolute Gasteiger partial charge is 0.492 e. The zero-order valence-corrected chi connectivity index (χ0v) is 17.7. The number of anilines is 1. The lowest BCUT2D eigenvalue weighted by atomic mass is 10.1. The number of aromatic nitrogens is 4. The number of rotatable bonds is 8. The van der Waals surface area contributed by atoms with Crippen LogP contribution >= 0.6 is 11.8 Å². The van der Waals surface area contributed by atoms with Gasteiger partial charge in [-0.05, 0) is 52.7 Å². The minimum atomic E-state index is -0.134. The zero-order valence-electron chi connectivity index (χ0n) is 16.9. The molecule has 8 heteroatoms. The number of carbonyl (C=O) groups excluding carboxylic acids is 1. The van der Waals surface area contributed by atoms with Gasteiger partial charge in [-0.3, -0.25) is 4.79 Å². The third-order valence-electron chi connectivity index (χ3n) is 4.44. The van der Waals surface area contributed by atoms with Crippen molar-refractivity contribution in [2.45, 2.75) is 12.1 Å². The Morgan fingerprint density at radius 2 is 1.68 bits per heavy atom. The number of nitrogens with one attached hydrogen (secondary N) is 1. The number of amides is 1. The lowest BCUT2D eigenvalue weighted by molar-refractivity contribution is -0.113. The summed E-state index contributed by atoms with van der Waals surface area (Å²) in [5.41, 5.74) is 3.70. The number of para-hydroxylation sites is 2. The monoisotopic (exact) mass is 431 g/mol. The number of tetrazole rings is 1. The van der Waals surface area contributed by atoms with Crippen molar-refractivity contribution in [3.05, 3.63) is 78.9 Å². The van der Waals surface area contributed by atoms with E-state index in [1.807, 2.05) is 73.7 Å². The van der Waals surface area contributed by atoms with Crippen molar-refractivity contribution >= 4 is 23.4 Å². The summed E-state index contributed by atoms with van der Waals surface area (Å²) in [5, 5.41) is 15.3. The minimum Gasteiger partial charge on any atom is -0.492 e. The molecule has 0 bridgehead atoms. The summed E-state index contributed by atoms with van der Waals surface area (Å²) in [6.45, 7) is 2.45. The van der Waals surface area contributed by atoms with Crippen molar-refractivity contribution in [3.8, 4) is 22.6 Å². The molecule has 7 nitrogen and oxygen atoms in total. The zero-order chi connectivity index (χ0) is 21.5. The van der Waals surface area contributed by atoms with Gasteiger partial charge in [-0.25, -0.2) is 0 Å². The average Bonchev–Trinajstić information content (AvgIpc) is 3.28. The molecular formula is C23H21N5O2S. The maximum atomic E-state index is 12.4. The molecule has 4 rings (SSSR count). The second-order valence-corrected chi connectivity index (χ2v) is 7.50. The lowest BCUT2D eigenvalue weighted by Gasteiger charge is -2.10. The van der Waals surface area contributed by atoms with Gasteiger partial charge in [0, 0.05) is 5.69 Å². The maximum Gasteiger partial charge on any atom is 0.234 e. The van der Waals surface area contributed by atoms with Crippen molar-refractivity contribution in [1.82, 2.24) is 20.2 Å². The number of hydrogen-bond donors (Lipinski definition) is 1. The highest BCUT2D eigenvalue weighted by molar-refractivity contribution is 7.99. The van der Waals surface area contributed by atoms with E-state index in [0.717, 1.165) is 22.5 Å². The summed E-state index contributed by atoms with van der Waals surface area (Å²) < 4.78 is 7.24. The predicted molar refractivity (Wildman–Crippen MR) is 122 cm³/mol. The Morgan fingerprint density at radius 1 is 0.968 bits per heavy atom. The van der Waals surface area contributed by atoms with Gasteiger partial charge in [0.1, 0.15) is 11.4 Å². The minimum absolute atomic E-state index is 0.134. The maximum absolute atomic E-state index is 12.4. The highest BCUT2D eigenvalue weighted by Crippen LogP contribution is 2.26. The quantitative estimate of drug-likeness (QED) is 0.415. The van der Waals surface area contributed by atoms with Crippen LogP contribution in [0.25, 0.3) is 16.8 Å². The molecule has 31 heavy (non-hydrogen) atoms. The average molecular weight is 432 g/mol. The van der Waals surface area contributed by atoms with Crippen LogP contribution in [0.2, 0.25) is 0 Å². The van der Waals surface area contributed by atoms with E-state index in [9.17, 15) is 4.79 Å². The van der Waals surface area contributed by atoms with E-state index < -0.39 is 0 Å². The van der Waals surface area contributed by atoms with Crippen molar-refractivity contribution < 1.29 is 9.53 Å². The first-order valence-corrected chi connectivity index (χ1v) is 10.8. The fourth-order valence-electron chi connectivity index (χ4n) is 3.03. The summed E-state index contributed by atoms with van der Waals surface area (Å²) in [4.78, 5) is 12.4. The van der Waals surface area contributed by atoms with E-state index in [0.29, 0.717) is 17.5 Å². The van der Waals surface area contributed by atoms with E-state index in [1.54, 1.807) is 4.68 Å². The first-order valence-electron chi connectivity index (χ1n) is 9.83. The van der Waals surface area contributed by atoms with Crippen molar-refractivity contribution in [2.24, 2.45) is 0 Å². The number of hydrogen-bond acceptors (Lipinski definition) is 6. The Morgan fingerprint density at radius 3 is 2.45 bits per heavy atom. The second-order valence-electron chi connectivity index (χ2n) is 6.55. The van der Waals surface area contributed by atoms with Crippen LogP contribution in [-0.2, 0) is 4.79 Å². The van der Waals surface area contributed by atoms with Gasteiger partial charge in [0.15, 0.2) is 0 Å². The van der Waals surface area contributed by atoms with E-state index in [4.69, 9.17) is 4.74 Å². The van der Waals surface area contributed by atoms with Gasteiger partial charge in [-0.2, -0.15) is 4.68 Å². The van der Waals surface area contributed by atoms with Crippen LogP contribution < -0.4 is 10.1 Å². The molecule has 1 aromatic heterocycles. The second kappa shape index (κ2) is 9.90. The van der Waals surface area contributed by atoms with Crippen LogP contribution in [0.4, 0.5) is 5.69 Å². The van der Waals surface area contributed by atoms with Gasteiger partial charge in [0.25, 0.3) is 0 Å². The molecule has 0 aliphatic rings. The van der Waals surface area contributed by atoms with Crippen LogP contribution in [0, 0.1) is 0 Å². The van der Waals surface area contributed by atoms with E-state index >= 15 is 0 Å². The van der Waals surface area contributed by atoms with Gasteiger partial charge in [-0.1, -0.05) is 66.4 Å². The normalized spacial score (nSPS) is 10.6. The van der Waals surface area contributed by atoms with Crippen LogP contribution in [0.3, 0.4) is 0 Å². The Labute approximate surface area is 184 Å². The van der Waals surface area contributed by atoms with Crippen molar-refractivity contribution in [3.63, 3.8) is 0 Å². The van der Waals surface area contributed by atoms with E-state index in [1.165, 1.54) is 11.8 Å². The molecule has 0 aliphatic carbocycles. The van der Waals surface area contributed by atoms with Gasteiger partial charge in [-0.15, -0.1) is 5.10 Å². The smallest absolute Gasteiger partial charge is 0.234 e. The van der Waals surface area contributed by atoms with Crippen molar-refractivity contribution in [2.75, 3.05) is 17.7 Å². The molecular weight excluding hydrogens is 410 g/mol. The standard InChI is InChI=1S/C23H21N5O2S/c1-2-30-21-11-7-6-10-20(21)28-23(25-26-27-28)31-16-22(29)24-19-14-12-18(13-15-19)17-8-4-3-5-9-17/h3-15H,2,16H2,1H3,(H,24,29). The van der Waals surface area contributed by atoms with Crippen molar-refractivity contribution in [1.29, 1.82) is 0 Å². The topological polar surface area (TPSA) is 81.9 Å². The summed E-state index contributed by atoms with van der Waals surface area (Å²) in [7, 11) is 0. The molecule has 0 unspecified atom stereocenters. The molecule has 0 aliphatic heterocycles. The first kappa shape index (κ1) is 20.6. The van der Waals surface area contributed by atoms with Gasteiger partial charge < -0.3 is 10.1 Å². The van der Waals surface area contributed by atoms with Crippen LogP contribution in [0.15, 0.2) is 84.0 Å². The fraction of sp³-hybridized carbons (Fsp3) is 0.130. The molecule has 1 N–H and O–H groups in total. The summed E-state index contributed by atoms with van der Waals surface area (Å²) in [5.74, 6) is 0.727. The molecule has 0 saturated heterocycles. The lowest BCUT2D eigenvalue weighted by Crippen LogP contribution is -2.14. The van der Waals surface area contributed by atoms with Gasteiger partial charge in [0.05, 0.1) is 12.4 Å². The molecule has 0 atom stereocenters. The Kier molecular flexibility index (Phi) is 6.59. The molecule has 156 valence electrons. The highest BCUT2D eigenvalue weighted by Gasteiger charge is 2.15. The Hall–Kier alpha value is -3.65. The molecule has 3 aromatic carbocycles. The number of nitrogens with zero attached hydrogens (tertiary/aromatic N) is 4. The summed E-state index contributed by atoms with van der Waals surface area (Å²) in [6.07, 6.45) is 0. The first-order chi connectivity index (χ1) is 15.2. The number of benzene rings is 3. The fourth-order valence-corrected chi connectivity index (χ4v) is 3.72. The highest BCUT2D eigenvalue weighted by atomic mass is 32.2. The van der Waals surface area contributed by atoms with E-state index in [-0.39, 0.29) is 11.7 Å². The summed E-state index contributed by atoms with van der Waals surface area (Å²) in [6, 6.07) is 25.4. The molecule has 4 aromatic rings. The Balaban J connectivity index is 1.39. The predicted octanol–water partition coefficient (Wildman–Crippen LogP) is 4.46. The third-order valence-corrected chi connectivity index (χ3v) is 5.36. The number of thioether (sulfide) groups is 1. The molecule has 0 saturated carbocycles. The van der Waals surface area contributed by atoms with Crippen LogP contribution in [-0.4, -0.2) is 38.5 Å². The summed E-state index contributed by atoms with van der Waals surface area (Å²) >= 11 is 1.26. The molecule has 1 heterocycles. The Bertz CT molecular complexity index is 1150.